The van der Waals surface area contributed by atoms with E-state index in [1.165, 1.54) is 0 Å². The van der Waals surface area contributed by atoms with E-state index in [0.717, 1.165) is 5.69 Å². The molecule has 23 heavy (non-hydrogen) atoms. The highest BCUT2D eigenvalue weighted by molar-refractivity contribution is 5.52. The molecule has 3 aromatic rings. The second-order valence-electron chi connectivity index (χ2n) is 4.99. The number of anilines is 2. The number of aromatic nitrogens is 2. The topological polar surface area (TPSA) is 91.1 Å². The lowest BCUT2D eigenvalue weighted by molar-refractivity contribution is 0.160. The first-order valence-electron chi connectivity index (χ1n) is 7.00. The number of nitrogens with two attached hydrogens (primary N) is 1. The molecule has 0 spiro atoms. The summed E-state index contributed by atoms with van der Waals surface area (Å²) in [7, 11) is 0. The van der Waals surface area contributed by atoms with Crippen LogP contribution >= 0.6 is 0 Å². The molecule has 1 unspecified atom stereocenters. The molecule has 0 saturated heterocycles. The first-order chi connectivity index (χ1) is 11.2. The van der Waals surface area contributed by atoms with Gasteiger partial charge < -0.3 is 10.8 Å². The van der Waals surface area contributed by atoms with E-state index in [1.54, 1.807) is 76.9 Å². The molecular formula is C17H15N5O. The first-order valence-corrected chi connectivity index (χ1v) is 7.00. The van der Waals surface area contributed by atoms with Crippen LogP contribution < -0.4 is 10.7 Å². The Balaban J connectivity index is 2.03. The molecule has 6 nitrogen and oxygen atoms in total. The molecule has 1 atom stereocenters. The summed E-state index contributed by atoms with van der Waals surface area (Å²) >= 11 is 0. The summed E-state index contributed by atoms with van der Waals surface area (Å²) in [5.41, 5.74) is 8.31. The Morgan fingerprint density at radius 1 is 1.22 bits per heavy atom. The third-order valence-corrected chi connectivity index (χ3v) is 3.44. The molecule has 6 heteroatoms. The second-order valence-corrected chi connectivity index (χ2v) is 4.99. The monoisotopic (exact) mass is 305 g/mol. The number of aliphatic hydroxyl groups excluding tert-OH is 1. The fraction of sp³-hybridized carbons (Fsp3) is 0.0588. The van der Waals surface area contributed by atoms with Crippen LogP contribution in [0.2, 0.25) is 0 Å². The van der Waals surface area contributed by atoms with E-state index in [-0.39, 0.29) is 0 Å². The van der Waals surface area contributed by atoms with Crippen molar-refractivity contribution < 1.29 is 5.11 Å². The molecule has 0 radical (unpaired) electrons. The lowest BCUT2D eigenvalue weighted by Crippen LogP contribution is -2.33. The lowest BCUT2D eigenvalue weighted by atomic mass is 10.1. The van der Waals surface area contributed by atoms with Crippen molar-refractivity contribution in [2.24, 2.45) is 0 Å². The van der Waals surface area contributed by atoms with Crippen LogP contribution in [0.5, 0.6) is 0 Å². The van der Waals surface area contributed by atoms with Crippen molar-refractivity contribution in [1.82, 2.24) is 9.66 Å². The van der Waals surface area contributed by atoms with Gasteiger partial charge in [-0.1, -0.05) is 12.1 Å². The molecule has 0 fully saturated rings. The SMILES string of the molecule is N#Cc1ccc(N(C(O)c2cccc(N)c2)n2ccnc2)cc1. The van der Waals surface area contributed by atoms with E-state index in [1.807, 2.05) is 0 Å². The third-order valence-electron chi connectivity index (χ3n) is 3.44. The van der Waals surface area contributed by atoms with E-state index in [2.05, 4.69) is 11.1 Å². The molecule has 0 amide bonds. The number of nitrogens with zero attached hydrogens (tertiary/aromatic N) is 4. The fourth-order valence-corrected chi connectivity index (χ4v) is 2.33. The number of hydrogen-bond acceptors (Lipinski definition) is 5. The number of imidazole rings is 1. The number of benzene rings is 2. The fourth-order valence-electron chi connectivity index (χ4n) is 2.33. The Hall–Kier alpha value is -3.30. The van der Waals surface area contributed by atoms with Crippen LogP contribution in [-0.4, -0.2) is 14.8 Å². The highest BCUT2D eigenvalue weighted by Crippen LogP contribution is 2.27. The van der Waals surface area contributed by atoms with Gasteiger partial charge in [0.1, 0.15) is 6.33 Å². The highest BCUT2D eigenvalue weighted by atomic mass is 16.3. The molecular weight excluding hydrogens is 290 g/mol. The van der Waals surface area contributed by atoms with Crippen molar-refractivity contribution in [3.8, 4) is 6.07 Å². The molecule has 0 bridgehead atoms. The van der Waals surface area contributed by atoms with E-state index >= 15 is 0 Å². The predicted octanol–water partition coefficient (Wildman–Crippen LogP) is 2.30. The van der Waals surface area contributed by atoms with E-state index in [9.17, 15) is 5.11 Å². The summed E-state index contributed by atoms with van der Waals surface area (Å²) in [5, 5.41) is 21.4. The zero-order valence-corrected chi connectivity index (χ0v) is 12.2. The van der Waals surface area contributed by atoms with E-state index in [4.69, 9.17) is 11.0 Å². The molecule has 3 N–H and O–H groups in total. The normalized spacial score (nSPS) is 11.7. The van der Waals surface area contributed by atoms with Gasteiger partial charge in [0.2, 0.25) is 0 Å². The second kappa shape index (κ2) is 6.22. The number of nitriles is 1. The highest BCUT2D eigenvalue weighted by Gasteiger charge is 2.20. The Morgan fingerprint density at radius 2 is 2.00 bits per heavy atom. The number of rotatable bonds is 4. The van der Waals surface area contributed by atoms with Crippen molar-refractivity contribution in [1.29, 1.82) is 5.26 Å². The smallest absolute Gasteiger partial charge is 0.172 e. The Kier molecular flexibility index (Phi) is 3.95. The molecule has 0 saturated carbocycles. The number of nitrogen functional groups attached to an aromatic ring is 1. The predicted molar refractivity (Wildman–Crippen MR) is 87.1 cm³/mol. The van der Waals surface area contributed by atoms with E-state index < -0.39 is 6.23 Å². The number of aliphatic hydroxyl groups is 1. The van der Waals surface area contributed by atoms with Crippen LogP contribution in [0.1, 0.15) is 17.4 Å². The lowest BCUT2D eigenvalue weighted by Gasteiger charge is -2.30. The van der Waals surface area contributed by atoms with Crippen molar-refractivity contribution in [3.05, 3.63) is 78.4 Å². The average Bonchev–Trinajstić information content (AvgIpc) is 3.10. The van der Waals surface area contributed by atoms with Gasteiger partial charge in [0, 0.05) is 23.6 Å². The van der Waals surface area contributed by atoms with Gasteiger partial charge in [0.25, 0.3) is 0 Å². The zero-order valence-electron chi connectivity index (χ0n) is 12.2. The largest absolute Gasteiger partial charge is 0.399 e. The van der Waals surface area contributed by atoms with Crippen LogP contribution in [0.15, 0.2) is 67.3 Å². The number of hydrogen-bond donors (Lipinski definition) is 2. The molecule has 114 valence electrons. The summed E-state index contributed by atoms with van der Waals surface area (Å²) < 4.78 is 1.68. The van der Waals surface area contributed by atoms with Crippen LogP contribution in [-0.2, 0) is 0 Å². The van der Waals surface area contributed by atoms with Gasteiger partial charge in [-0.15, -0.1) is 0 Å². The van der Waals surface area contributed by atoms with Crippen LogP contribution in [0.4, 0.5) is 11.4 Å². The summed E-state index contributed by atoms with van der Waals surface area (Å²) in [6.07, 6.45) is 3.99. The van der Waals surface area contributed by atoms with Gasteiger partial charge >= 0.3 is 0 Å². The maximum absolute atomic E-state index is 10.8. The Labute approximate surface area is 133 Å². The maximum atomic E-state index is 10.8. The standard InChI is InChI=1S/C17H15N5O/c18-11-13-4-6-16(7-5-13)22(21-9-8-20-12-21)17(23)14-2-1-3-15(19)10-14/h1-10,12,17,23H,19H2. The quantitative estimate of drug-likeness (QED) is 0.570. The van der Waals surface area contributed by atoms with Crippen LogP contribution in [0.3, 0.4) is 0 Å². The van der Waals surface area contributed by atoms with Gasteiger partial charge in [-0.2, -0.15) is 5.26 Å². The van der Waals surface area contributed by atoms with Crippen molar-refractivity contribution in [3.63, 3.8) is 0 Å². The zero-order chi connectivity index (χ0) is 16.2. The van der Waals surface area contributed by atoms with Gasteiger partial charge in [0.15, 0.2) is 6.23 Å². The minimum absolute atomic E-state index is 0.553. The van der Waals surface area contributed by atoms with Crippen LogP contribution in [0.25, 0.3) is 0 Å². The minimum Gasteiger partial charge on any atom is -0.399 e. The van der Waals surface area contributed by atoms with E-state index in [0.29, 0.717) is 16.8 Å². The summed E-state index contributed by atoms with van der Waals surface area (Å²) in [5.74, 6) is 0. The molecule has 1 aromatic heterocycles. The summed E-state index contributed by atoms with van der Waals surface area (Å²) in [6, 6.07) is 16.1. The van der Waals surface area contributed by atoms with Crippen molar-refractivity contribution in [2.75, 3.05) is 10.7 Å². The maximum Gasteiger partial charge on any atom is 0.172 e. The Morgan fingerprint density at radius 3 is 2.61 bits per heavy atom. The average molecular weight is 305 g/mol. The molecule has 2 aromatic carbocycles. The van der Waals surface area contributed by atoms with Gasteiger partial charge in [-0.25, -0.2) is 14.7 Å². The molecule has 3 rings (SSSR count). The molecule has 0 aliphatic carbocycles. The van der Waals surface area contributed by atoms with Crippen molar-refractivity contribution in [2.45, 2.75) is 6.23 Å². The van der Waals surface area contributed by atoms with Gasteiger partial charge in [-0.3, -0.25) is 0 Å². The molecule has 1 heterocycles. The van der Waals surface area contributed by atoms with Gasteiger partial charge in [-0.05, 0) is 36.4 Å². The van der Waals surface area contributed by atoms with Gasteiger partial charge in [0.05, 0.1) is 17.3 Å². The van der Waals surface area contributed by atoms with Crippen LogP contribution in [0, 0.1) is 11.3 Å². The molecule has 0 aliphatic heterocycles. The first kappa shape index (κ1) is 14.6. The third kappa shape index (κ3) is 3.00. The van der Waals surface area contributed by atoms with Crippen molar-refractivity contribution >= 4 is 11.4 Å². The minimum atomic E-state index is -0.958. The Bertz CT molecular complexity index is 821. The summed E-state index contributed by atoms with van der Waals surface area (Å²) in [6.45, 7) is 0. The summed E-state index contributed by atoms with van der Waals surface area (Å²) in [4.78, 5) is 4.03. The molecule has 0 aliphatic rings.